The maximum Gasteiger partial charge on any atom is 0.0232 e. The minimum absolute atomic E-state index is 0.724. The molecular formula is C12H27N3. The van der Waals surface area contributed by atoms with E-state index in [2.05, 4.69) is 36.0 Å². The van der Waals surface area contributed by atoms with E-state index in [0.717, 1.165) is 18.5 Å². The van der Waals surface area contributed by atoms with Crippen LogP contribution in [0.15, 0.2) is 0 Å². The number of likely N-dealkylation sites (N-methyl/N-ethyl adjacent to an activating group) is 2. The molecular weight excluding hydrogens is 186 g/mol. The molecule has 0 aliphatic carbocycles. The van der Waals surface area contributed by atoms with Gasteiger partial charge in [-0.05, 0) is 39.5 Å². The van der Waals surface area contributed by atoms with Crippen LogP contribution in [0.4, 0.5) is 0 Å². The second-order valence-corrected chi connectivity index (χ2v) is 4.94. The number of rotatable bonds is 4. The minimum atomic E-state index is 0.724. The van der Waals surface area contributed by atoms with Crippen LogP contribution in [0, 0.1) is 5.92 Å². The van der Waals surface area contributed by atoms with Gasteiger partial charge in [0.1, 0.15) is 0 Å². The lowest BCUT2D eigenvalue weighted by atomic mass is 10.1. The molecule has 2 unspecified atom stereocenters. The summed E-state index contributed by atoms with van der Waals surface area (Å²) in [4.78, 5) is 5.13. The summed E-state index contributed by atoms with van der Waals surface area (Å²) >= 11 is 0. The van der Waals surface area contributed by atoms with E-state index < -0.39 is 0 Å². The van der Waals surface area contributed by atoms with Crippen molar-refractivity contribution in [2.75, 3.05) is 46.8 Å². The highest BCUT2D eigenvalue weighted by Gasteiger charge is 2.24. The number of nitrogens with one attached hydrogen (secondary N) is 1. The van der Waals surface area contributed by atoms with E-state index >= 15 is 0 Å². The molecule has 1 aliphatic heterocycles. The predicted molar refractivity (Wildman–Crippen MR) is 66.2 cm³/mol. The van der Waals surface area contributed by atoms with Crippen LogP contribution in [-0.2, 0) is 0 Å². The normalized spacial score (nSPS) is 30.4. The van der Waals surface area contributed by atoms with Crippen LogP contribution >= 0.6 is 0 Å². The van der Waals surface area contributed by atoms with Gasteiger partial charge in [0.2, 0.25) is 0 Å². The number of hydrogen-bond donors (Lipinski definition) is 1. The lowest BCUT2D eigenvalue weighted by Crippen LogP contribution is -2.40. The van der Waals surface area contributed by atoms with E-state index in [1.165, 1.54) is 32.6 Å². The Morgan fingerprint density at radius 3 is 2.60 bits per heavy atom. The Morgan fingerprint density at radius 1 is 1.27 bits per heavy atom. The Labute approximate surface area is 94.8 Å². The molecule has 0 aromatic rings. The molecule has 1 N–H and O–H groups in total. The molecule has 0 spiro atoms. The second kappa shape index (κ2) is 6.46. The Morgan fingerprint density at radius 2 is 2.00 bits per heavy atom. The Kier molecular flexibility index (Phi) is 5.58. The molecule has 0 saturated carbocycles. The first kappa shape index (κ1) is 12.9. The molecule has 0 aromatic carbocycles. The first-order chi connectivity index (χ1) is 7.17. The highest BCUT2D eigenvalue weighted by Crippen LogP contribution is 2.14. The summed E-state index contributed by atoms with van der Waals surface area (Å²) in [6.45, 7) is 10.7. The van der Waals surface area contributed by atoms with Gasteiger partial charge in [0.15, 0.2) is 0 Å². The smallest absolute Gasteiger partial charge is 0.0232 e. The molecule has 3 heteroatoms. The van der Waals surface area contributed by atoms with Crippen molar-refractivity contribution in [2.24, 2.45) is 5.92 Å². The average molecular weight is 213 g/mol. The fourth-order valence-electron chi connectivity index (χ4n) is 2.53. The van der Waals surface area contributed by atoms with Crippen molar-refractivity contribution in [1.29, 1.82) is 0 Å². The maximum atomic E-state index is 3.25. The van der Waals surface area contributed by atoms with Crippen molar-refractivity contribution in [3.8, 4) is 0 Å². The van der Waals surface area contributed by atoms with Crippen LogP contribution in [0.2, 0.25) is 0 Å². The van der Waals surface area contributed by atoms with Gasteiger partial charge in [-0.3, -0.25) is 0 Å². The highest BCUT2D eigenvalue weighted by atomic mass is 15.2. The van der Waals surface area contributed by atoms with Gasteiger partial charge in [-0.1, -0.05) is 13.8 Å². The summed E-state index contributed by atoms with van der Waals surface area (Å²) in [5.74, 6) is 0.800. The van der Waals surface area contributed by atoms with Crippen molar-refractivity contribution in [3.05, 3.63) is 0 Å². The summed E-state index contributed by atoms with van der Waals surface area (Å²) in [7, 11) is 4.31. The summed E-state index contributed by atoms with van der Waals surface area (Å²) in [5.41, 5.74) is 0. The van der Waals surface area contributed by atoms with Gasteiger partial charge < -0.3 is 15.1 Å². The quantitative estimate of drug-likeness (QED) is 0.747. The van der Waals surface area contributed by atoms with Crippen molar-refractivity contribution >= 4 is 0 Å². The molecule has 1 rings (SSSR count). The van der Waals surface area contributed by atoms with E-state index in [9.17, 15) is 0 Å². The third kappa shape index (κ3) is 4.09. The SMILES string of the molecule is CCN1CC(C)CN(C)C(CCNC)C1. The average Bonchev–Trinajstić information content (AvgIpc) is 2.34. The van der Waals surface area contributed by atoms with Gasteiger partial charge in [0, 0.05) is 25.7 Å². The minimum Gasteiger partial charge on any atom is -0.320 e. The van der Waals surface area contributed by atoms with Gasteiger partial charge in [-0.15, -0.1) is 0 Å². The van der Waals surface area contributed by atoms with E-state index in [4.69, 9.17) is 0 Å². The van der Waals surface area contributed by atoms with Crippen molar-refractivity contribution in [2.45, 2.75) is 26.3 Å². The fraction of sp³-hybridized carbons (Fsp3) is 1.00. The standard InChI is InChI=1S/C12H27N3/c1-5-15-9-11(2)8-14(4)12(10-15)6-7-13-3/h11-13H,5-10H2,1-4H3. The summed E-state index contributed by atoms with van der Waals surface area (Å²) in [5, 5.41) is 3.25. The van der Waals surface area contributed by atoms with Gasteiger partial charge in [-0.2, -0.15) is 0 Å². The topological polar surface area (TPSA) is 18.5 Å². The van der Waals surface area contributed by atoms with Crippen molar-refractivity contribution in [3.63, 3.8) is 0 Å². The lowest BCUT2D eigenvalue weighted by Gasteiger charge is -2.28. The molecule has 0 bridgehead atoms. The molecule has 2 atom stereocenters. The van der Waals surface area contributed by atoms with Crippen LogP contribution in [0.3, 0.4) is 0 Å². The Bertz CT molecular complexity index is 172. The molecule has 0 radical (unpaired) electrons. The first-order valence-electron chi connectivity index (χ1n) is 6.24. The zero-order valence-electron chi connectivity index (χ0n) is 10.8. The van der Waals surface area contributed by atoms with Crippen LogP contribution in [0.1, 0.15) is 20.3 Å². The van der Waals surface area contributed by atoms with Crippen molar-refractivity contribution in [1.82, 2.24) is 15.1 Å². The van der Waals surface area contributed by atoms with Gasteiger partial charge in [0.25, 0.3) is 0 Å². The third-order valence-electron chi connectivity index (χ3n) is 3.44. The number of hydrogen-bond acceptors (Lipinski definition) is 3. The molecule has 1 saturated heterocycles. The second-order valence-electron chi connectivity index (χ2n) is 4.94. The Hall–Kier alpha value is -0.120. The lowest BCUT2D eigenvalue weighted by molar-refractivity contribution is 0.201. The summed E-state index contributed by atoms with van der Waals surface area (Å²) in [6, 6.07) is 0.724. The van der Waals surface area contributed by atoms with E-state index in [-0.39, 0.29) is 0 Å². The molecule has 15 heavy (non-hydrogen) atoms. The zero-order chi connectivity index (χ0) is 11.3. The van der Waals surface area contributed by atoms with Crippen molar-refractivity contribution < 1.29 is 0 Å². The third-order valence-corrected chi connectivity index (χ3v) is 3.44. The molecule has 1 aliphatic rings. The van der Waals surface area contributed by atoms with Gasteiger partial charge in [-0.25, -0.2) is 0 Å². The molecule has 3 nitrogen and oxygen atoms in total. The van der Waals surface area contributed by atoms with Gasteiger partial charge >= 0.3 is 0 Å². The first-order valence-corrected chi connectivity index (χ1v) is 6.24. The zero-order valence-corrected chi connectivity index (χ0v) is 10.8. The van der Waals surface area contributed by atoms with E-state index in [0.29, 0.717) is 0 Å². The van der Waals surface area contributed by atoms with Gasteiger partial charge in [0.05, 0.1) is 0 Å². The summed E-state index contributed by atoms with van der Waals surface area (Å²) in [6.07, 6.45) is 1.26. The molecule has 0 aromatic heterocycles. The van der Waals surface area contributed by atoms with Crippen LogP contribution in [-0.4, -0.2) is 62.7 Å². The molecule has 1 fully saturated rings. The summed E-state index contributed by atoms with van der Waals surface area (Å²) < 4.78 is 0. The molecule has 0 amide bonds. The van der Waals surface area contributed by atoms with Crippen LogP contribution < -0.4 is 5.32 Å². The van der Waals surface area contributed by atoms with Crippen LogP contribution in [0.25, 0.3) is 0 Å². The largest absolute Gasteiger partial charge is 0.320 e. The maximum absolute atomic E-state index is 3.25. The molecule has 1 heterocycles. The molecule has 90 valence electrons. The number of nitrogens with zero attached hydrogens (tertiary/aromatic N) is 2. The highest BCUT2D eigenvalue weighted by molar-refractivity contribution is 4.80. The Balaban J connectivity index is 2.51. The predicted octanol–water partition coefficient (Wildman–Crippen LogP) is 0.868. The van der Waals surface area contributed by atoms with E-state index in [1.54, 1.807) is 0 Å². The van der Waals surface area contributed by atoms with E-state index in [1.807, 2.05) is 7.05 Å². The fourth-order valence-corrected chi connectivity index (χ4v) is 2.53. The monoisotopic (exact) mass is 213 g/mol. The van der Waals surface area contributed by atoms with Crippen LogP contribution in [0.5, 0.6) is 0 Å².